The second-order valence-electron chi connectivity index (χ2n) is 10.7. The van der Waals surface area contributed by atoms with Crippen LogP contribution in [-0.4, -0.2) is 62.7 Å². The number of hydrogen-bond donors (Lipinski definition) is 6. The van der Waals surface area contributed by atoms with Crippen molar-refractivity contribution in [1.29, 1.82) is 0 Å². The van der Waals surface area contributed by atoms with Crippen LogP contribution in [0, 0.1) is 6.92 Å². The van der Waals surface area contributed by atoms with Crippen molar-refractivity contribution >= 4 is 61.8 Å². The lowest BCUT2D eigenvalue weighted by atomic mass is 9.95. The maximum atomic E-state index is 12.8. The zero-order chi connectivity index (χ0) is 31.8. The zero-order valence-electron chi connectivity index (χ0n) is 24.2. The molecule has 232 valence electrons. The van der Waals surface area contributed by atoms with Crippen LogP contribution in [0.1, 0.15) is 19.4 Å². The summed E-state index contributed by atoms with van der Waals surface area (Å²) in [6.07, 6.45) is 5.23. The van der Waals surface area contributed by atoms with Crippen molar-refractivity contribution in [3.63, 3.8) is 0 Å². The Kier molecular flexibility index (Phi) is 8.46. The highest BCUT2D eigenvalue weighted by molar-refractivity contribution is 7.89. The van der Waals surface area contributed by atoms with Gasteiger partial charge in [0.15, 0.2) is 0 Å². The first kappa shape index (κ1) is 31.1. The second kappa shape index (κ2) is 12.0. The molecule has 3 atom stereocenters. The number of aromatic nitrogens is 2. The average Bonchev–Trinajstić information content (AvgIpc) is 2.94. The van der Waals surface area contributed by atoms with Crippen LogP contribution in [0.3, 0.4) is 0 Å². The highest BCUT2D eigenvalue weighted by atomic mass is 32.2. The molecule has 1 fully saturated rings. The van der Waals surface area contributed by atoms with Crippen molar-refractivity contribution in [2.24, 2.45) is 5.14 Å². The van der Waals surface area contributed by atoms with Crippen molar-refractivity contribution in [1.82, 2.24) is 14.9 Å². The van der Waals surface area contributed by atoms with E-state index in [0.29, 0.717) is 40.0 Å². The molecule has 1 saturated heterocycles. The van der Waals surface area contributed by atoms with E-state index < -0.39 is 26.9 Å². The van der Waals surface area contributed by atoms with E-state index in [2.05, 4.69) is 30.6 Å². The minimum Gasteiger partial charge on any atom is -0.356 e. The lowest BCUT2D eigenvalue weighted by Gasteiger charge is -2.45. The molecule has 3 aromatic rings. The molecule has 3 unspecified atom stereocenters. The Balaban J connectivity index is 1.50. The quantitative estimate of drug-likeness (QED) is 0.187. The van der Waals surface area contributed by atoms with E-state index in [1.807, 2.05) is 18.2 Å². The number of nitrogens with one attached hydrogen (secondary N) is 4. The molecule has 0 radical (unpaired) electrons. The fraction of sp³-hybridized carbons (Fsp3) is 0.250. The van der Waals surface area contributed by atoms with E-state index in [1.165, 1.54) is 12.1 Å². The number of hydrogen-bond acceptors (Lipinski definition) is 10. The van der Waals surface area contributed by atoms with Crippen LogP contribution in [0.15, 0.2) is 77.4 Å². The molecule has 16 heteroatoms. The van der Waals surface area contributed by atoms with Gasteiger partial charge in [-0.25, -0.2) is 17.8 Å². The van der Waals surface area contributed by atoms with E-state index in [4.69, 9.17) is 9.88 Å². The van der Waals surface area contributed by atoms with Gasteiger partial charge in [0, 0.05) is 29.7 Å². The summed E-state index contributed by atoms with van der Waals surface area (Å²) in [6, 6.07) is 12.4. The highest BCUT2D eigenvalue weighted by Crippen LogP contribution is 2.32. The highest BCUT2D eigenvalue weighted by Gasteiger charge is 2.44. The average molecular weight is 641 g/mol. The molecule has 1 aliphatic heterocycles. The molecule has 1 aromatic heterocycles. The zero-order valence-corrected chi connectivity index (χ0v) is 25.9. The van der Waals surface area contributed by atoms with Crippen LogP contribution < -0.4 is 25.8 Å². The monoisotopic (exact) mass is 640 g/mol. The third kappa shape index (κ3) is 6.89. The van der Waals surface area contributed by atoms with Gasteiger partial charge in [0.25, 0.3) is 17.2 Å². The maximum absolute atomic E-state index is 12.8. The Hall–Kier alpha value is -4.35. The van der Waals surface area contributed by atoms with Gasteiger partial charge in [-0.05, 0) is 69.3 Å². The lowest BCUT2D eigenvalue weighted by molar-refractivity contribution is -0.177. The first-order chi connectivity index (χ1) is 20.7. The molecule has 2 aromatic carbocycles. The molecule has 14 nitrogen and oxygen atoms in total. The van der Waals surface area contributed by atoms with Gasteiger partial charge in [-0.3, -0.25) is 14.1 Å². The van der Waals surface area contributed by atoms with E-state index in [9.17, 15) is 22.0 Å². The number of ether oxygens (including phenoxy) is 1. The van der Waals surface area contributed by atoms with Gasteiger partial charge in [-0.2, -0.15) is 9.97 Å². The van der Waals surface area contributed by atoms with E-state index in [-0.39, 0.29) is 28.9 Å². The minimum atomic E-state index is -3.94. The summed E-state index contributed by atoms with van der Waals surface area (Å²) >= 11 is -2.25. The number of benzene rings is 2. The van der Waals surface area contributed by atoms with Crippen LogP contribution in [0.25, 0.3) is 0 Å². The first-order valence-electron chi connectivity index (χ1n) is 13.3. The van der Waals surface area contributed by atoms with Gasteiger partial charge in [0.05, 0.1) is 16.6 Å². The smallest absolute Gasteiger partial charge is 0.259 e. The molecule has 2 aliphatic rings. The maximum Gasteiger partial charge on any atom is 0.259 e. The summed E-state index contributed by atoms with van der Waals surface area (Å²) in [5, 5.41) is 14.9. The van der Waals surface area contributed by atoms with Crippen LogP contribution in [0.5, 0.6) is 0 Å². The Morgan fingerprint density at radius 2 is 1.64 bits per heavy atom. The summed E-state index contributed by atoms with van der Waals surface area (Å²) in [6.45, 7) is 5.25. The molecule has 44 heavy (non-hydrogen) atoms. The number of nitrogens with two attached hydrogens (primary N) is 1. The molecule has 0 saturated carbocycles. The van der Waals surface area contributed by atoms with Crippen LogP contribution in [0.2, 0.25) is 0 Å². The SMILES string of the molecule is Cc1c(Nc2cccc(NS(=O)O)c2)nc(NC2=CC3C(C=C2)OC(C)(C)C(=O)N3C)nc1Nc1cccc(S(N)(=O)=O)c1. The van der Waals surface area contributed by atoms with Crippen molar-refractivity contribution in [3.05, 3.63) is 78.0 Å². The summed E-state index contributed by atoms with van der Waals surface area (Å²) in [5.74, 6) is 0.797. The van der Waals surface area contributed by atoms with Gasteiger partial charge in [-0.1, -0.05) is 18.2 Å². The number of morpholine rings is 1. The standard InChI is InChI=1S/C28H32N8O6S2/c1-16-24(30-17-7-5-9-20(13-17)35-43(38)39)33-27(34-25(16)31-18-8-6-10-21(14-18)44(29,40)41)32-19-11-12-23-22(15-19)36(4)26(37)28(2,3)42-23/h5-15,22-23,35H,1-4H3,(H,38,39)(H2,29,40,41)(H3,30,31,32,33,34). The summed E-state index contributed by atoms with van der Waals surface area (Å²) in [4.78, 5) is 23.7. The number of carbonyl (C=O) groups excluding carboxylic acids is 1. The Bertz CT molecular complexity index is 1810. The van der Waals surface area contributed by atoms with Crippen LogP contribution in [0.4, 0.5) is 34.6 Å². The number of rotatable bonds is 9. The topological polar surface area (TPSA) is 201 Å². The Morgan fingerprint density at radius 1 is 1.02 bits per heavy atom. The van der Waals surface area contributed by atoms with Crippen molar-refractivity contribution in [3.8, 4) is 0 Å². The van der Waals surface area contributed by atoms with E-state index in [0.717, 1.165) is 0 Å². The number of carbonyl (C=O) groups is 1. The van der Waals surface area contributed by atoms with Crippen molar-refractivity contribution < 1.29 is 26.7 Å². The molecule has 1 amide bonds. The third-order valence-corrected chi connectivity index (χ3v) is 8.34. The number of fused-ring (bicyclic) bond motifs is 1. The lowest BCUT2D eigenvalue weighted by Crippen LogP contribution is -2.60. The number of likely N-dealkylation sites (N-methyl/N-ethyl adjacent to an activating group) is 1. The molecule has 2 heterocycles. The fourth-order valence-corrected chi connectivity index (χ4v) is 5.74. The van der Waals surface area contributed by atoms with Crippen LogP contribution in [-0.2, 0) is 30.8 Å². The molecule has 7 N–H and O–H groups in total. The Labute approximate surface area is 257 Å². The summed E-state index contributed by atoms with van der Waals surface area (Å²) in [5.41, 5.74) is 1.66. The number of primary sulfonamides is 1. The minimum absolute atomic E-state index is 0.0694. The number of nitrogens with zero attached hydrogens (tertiary/aromatic N) is 3. The van der Waals surface area contributed by atoms with Gasteiger partial charge < -0.3 is 25.6 Å². The molecular weight excluding hydrogens is 608 g/mol. The second-order valence-corrected chi connectivity index (χ2v) is 13.0. The predicted molar refractivity (Wildman–Crippen MR) is 168 cm³/mol. The van der Waals surface area contributed by atoms with E-state index in [1.54, 1.807) is 69.1 Å². The molecule has 5 rings (SSSR count). The molecule has 0 spiro atoms. The largest absolute Gasteiger partial charge is 0.356 e. The van der Waals surface area contributed by atoms with Crippen LogP contribution >= 0.6 is 0 Å². The molecule has 1 aliphatic carbocycles. The summed E-state index contributed by atoms with van der Waals surface area (Å²) < 4.78 is 52.8. The first-order valence-corrected chi connectivity index (χ1v) is 16.0. The van der Waals surface area contributed by atoms with Gasteiger partial charge >= 0.3 is 0 Å². The molecular formula is C28H32N8O6S2. The van der Waals surface area contributed by atoms with E-state index >= 15 is 0 Å². The normalized spacial score (nSPS) is 19.9. The molecule has 0 bridgehead atoms. The number of sulfonamides is 1. The Morgan fingerprint density at radius 3 is 2.27 bits per heavy atom. The van der Waals surface area contributed by atoms with Gasteiger partial charge in [-0.15, -0.1) is 0 Å². The van der Waals surface area contributed by atoms with Gasteiger partial charge in [0.1, 0.15) is 23.3 Å². The summed E-state index contributed by atoms with van der Waals surface area (Å²) in [7, 11) is -2.21. The van der Waals surface area contributed by atoms with Gasteiger partial charge in [0.2, 0.25) is 16.0 Å². The number of allylic oxidation sites excluding steroid dienone is 1. The third-order valence-electron chi connectivity index (χ3n) is 7.02. The predicted octanol–water partition coefficient (Wildman–Crippen LogP) is 3.34. The fourth-order valence-electron chi connectivity index (χ4n) is 4.85. The number of anilines is 6. The van der Waals surface area contributed by atoms with Crippen molar-refractivity contribution in [2.75, 3.05) is 27.7 Å². The number of amides is 1. The van der Waals surface area contributed by atoms with Crippen molar-refractivity contribution in [2.45, 2.75) is 43.4 Å².